The molecular formula is C15H20N4OS2. The Balaban J connectivity index is 1.87. The summed E-state index contributed by atoms with van der Waals surface area (Å²) in [6, 6.07) is 8.23. The largest absolute Gasteiger partial charge is 0.353 e. The second kappa shape index (κ2) is 8.14. The van der Waals surface area contributed by atoms with E-state index in [1.807, 2.05) is 45.0 Å². The molecule has 118 valence electrons. The number of thioether (sulfide) groups is 1. The Morgan fingerprint density at radius 1 is 1.36 bits per heavy atom. The molecule has 22 heavy (non-hydrogen) atoms. The van der Waals surface area contributed by atoms with E-state index in [0.717, 1.165) is 27.1 Å². The zero-order chi connectivity index (χ0) is 15.9. The summed E-state index contributed by atoms with van der Waals surface area (Å²) in [6.45, 7) is 6.09. The average molecular weight is 336 g/mol. The molecule has 0 aliphatic rings. The maximum absolute atomic E-state index is 11.7. The van der Waals surface area contributed by atoms with Crippen LogP contribution >= 0.6 is 23.1 Å². The summed E-state index contributed by atoms with van der Waals surface area (Å²) in [4.78, 5) is 11.7. The van der Waals surface area contributed by atoms with Crippen LogP contribution in [0.15, 0.2) is 28.6 Å². The molecule has 0 aliphatic carbocycles. The molecule has 5 nitrogen and oxygen atoms in total. The van der Waals surface area contributed by atoms with Gasteiger partial charge in [0.2, 0.25) is 11.0 Å². The van der Waals surface area contributed by atoms with E-state index in [0.29, 0.717) is 5.75 Å². The monoisotopic (exact) mass is 336 g/mol. The van der Waals surface area contributed by atoms with Crippen LogP contribution < -0.4 is 10.6 Å². The zero-order valence-corrected chi connectivity index (χ0v) is 14.6. The molecule has 1 atom stereocenters. The van der Waals surface area contributed by atoms with Crippen molar-refractivity contribution in [1.82, 2.24) is 15.5 Å². The Labute approximate surface area is 138 Å². The molecule has 0 aliphatic heterocycles. The highest BCUT2D eigenvalue weighted by atomic mass is 32.2. The van der Waals surface area contributed by atoms with Gasteiger partial charge in [-0.15, -0.1) is 10.2 Å². The van der Waals surface area contributed by atoms with Gasteiger partial charge in [-0.1, -0.05) is 48.2 Å². The molecule has 7 heteroatoms. The normalized spacial score (nSPS) is 12.0. The molecule has 1 amide bonds. The lowest BCUT2D eigenvalue weighted by atomic mass is 10.2. The van der Waals surface area contributed by atoms with Crippen LogP contribution in [0, 0.1) is 6.92 Å². The molecule has 1 heterocycles. The lowest BCUT2D eigenvalue weighted by Gasteiger charge is -2.10. The van der Waals surface area contributed by atoms with Gasteiger partial charge in [-0.2, -0.15) is 0 Å². The number of aryl methyl sites for hydroxylation is 1. The number of nitrogens with one attached hydrogen (secondary N) is 2. The van der Waals surface area contributed by atoms with E-state index in [1.54, 1.807) is 0 Å². The van der Waals surface area contributed by atoms with Crippen LogP contribution in [0.3, 0.4) is 0 Å². The number of hydrogen-bond acceptors (Lipinski definition) is 6. The standard InChI is InChI=1S/C15H20N4OS2/c1-4-11(3)16-13(20)9-21-15-19-18-14(22-15)17-12-8-6-5-7-10(12)2/h5-8,11H,4,9H2,1-3H3,(H,16,20)(H,17,18)/t11-/m1/s1. The van der Waals surface area contributed by atoms with Crippen molar-refractivity contribution in [2.45, 2.75) is 37.6 Å². The fourth-order valence-corrected chi connectivity index (χ4v) is 3.27. The molecule has 0 unspecified atom stereocenters. The molecule has 0 fully saturated rings. The summed E-state index contributed by atoms with van der Waals surface area (Å²) in [5.74, 6) is 0.395. The first-order valence-electron chi connectivity index (χ1n) is 7.16. The third-order valence-electron chi connectivity index (χ3n) is 3.14. The maximum atomic E-state index is 11.7. The molecular weight excluding hydrogens is 316 g/mol. The predicted octanol–water partition coefficient (Wildman–Crippen LogP) is 3.60. The van der Waals surface area contributed by atoms with Crippen LogP contribution in [-0.2, 0) is 4.79 Å². The maximum Gasteiger partial charge on any atom is 0.230 e. The van der Waals surface area contributed by atoms with Crippen LogP contribution in [-0.4, -0.2) is 27.9 Å². The molecule has 0 saturated heterocycles. The number of aromatic nitrogens is 2. The smallest absolute Gasteiger partial charge is 0.230 e. The number of hydrogen-bond donors (Lipinski definition) is 2. The van der Waals surface area contributed by atoms with Crippen molar-refractivity contribution in [2.75, 3.05) is 11.1 Å². The van der Waals surface area contributed by atoms with Gasteiger partial charge in [0.05, 0.1) is 5.75 Å². The fraction of sp³-hybridized carbons (Fsp3) is 0.400. The topological polar surface area (TPSA) is 66.9 Å². The Bertz CT molecular complexity index is 630. The van der Waals surface area contributed by atoms with E-state index in [9.17, 15) is 4.79 Å². The first-order valence-corrected chi connectivity index (χ1v) is 8.97. The van der Waals surface area contributed by atoms with Crippen molar-refractivity contribution in [2.24, 2.45) is 0 Å². The molecule has 1 aromatic heterocycles. The summed E-state index contributed by atoms with van der Waals surface area (Å²) in [7, 11) is 0. The van der Waals surface area contributed by atoms with Gasteiger partial charge in [-0.05, 0) is 31.9 Å². The Morgan fingerprint density at radius 2 is 2.14 bits per heavy atom. The lowest BCUT2D eigenvalue weighted by Crippen LogP contribution is -2.33. The summed E-state index contributed by atoms with van der Waals surface area (Å²) in [6.07, 6.45) is 0.930. The number of carbonyl (C=O) groups is 1. The summed E-state index contributed by atoms with van der Waals surface area (Å²) in [5, 5.41) is 15.1. The van der Waals surface area contributed by atoms with E-state index in [2.05, 4.69) is 20.8 Å². The minimum absolute atomic E-state index is 0.0305. The summed E-state index contributed by atoms with van der Waals surface area (Å²) in [5.41, 5.74) is 2.17. The second-order valence-electron chi connectivity index (χ2n) is 4.98. The predicted molar refractivity (Wildman–Crippen MR) is 93.0 cm³/mol. The fourth-order valence-electron chi connectivity index (χ4n) is 1.69. The third kappa shape index (κ3) is 4.99. The van der Waals surface area contributed by atoms with Gasteiger partial charge in [0.15, 0.2) is 4.34 Å². The van der Waals surface area contributed by atoms with Gasteiger partial charge in [0.1, 0.15) is 0 Å². The minimum atomic E-state index is 0.0305. The minimum Gasteiger partial charge on any atom is -0.353 e. The van der Waals surface area contributed by atoms with Gasteiger partial charge >= 0.3 is 0 Å². The number of benzene rings is 1. The SMILES string of the molecule is CC[C@@H](C)NC(=O)CSc1nnc(Nc2ccccc2C)s1. The van der Waals surface area contributed by atoms with E-state index in [4.69, 9.17) is 0 Å². The van der Waals surface area contributed by atoms with Gasteiger partial charge in [-0.3, -0.25) is 4.79 Å². The zero-order valence-electron chi connectivity index (χ0n) is 12.9. The Hall–Kier alpha value is -1.60. The molecule has 1 aromatic carbocycles. The van der Waals surface area contributed by atoms with E-state index in [1.165, 1.54) is 23.1 Å². The number of rotatable bonds is 7. The van der Waals surface area contributed by atoms with Crippen LogP contribution in [0.2, 0.25) is 0 Å². The van der Waals surface area contributed by atoms with Crippen LogP contribution in [0.5, 0.6) is 0 Å². The van der Waals surface area contributed by atoms with Gasteiger partial charge in [-0.25, -0.2) is 0 Å². The number of anilines is 2. The van der Waals surface area contributed by atoms with Crippen LogP contribution in [0.1, 0.15) is 25.8 Å². The molecule has 0 radical (unpaired) electrons. The number of carbonyl (C=O) groups excluding carboxylic acids is 1. The summed E-state index contributed by atoms with van der Waals surface area (Å²) >= 11 is 2.86. The third-order valence-corrected chi connectivity index (χ3v) is 5.11. The van der Waals surface area contributed by atoms with Crippen molar-refractivity contribution < 1.29 is 4.79 Å². The van der Waals surface area contributed by atoms with Crippen molar-refractivity contribution >= 4 is 39.8 Å². The van der Waals surface area contributed by atoms with Crippen molar-refractivity contribution in [1.29, 1.82) is 0 Å². The molecule has 0 bridgehead atoms. The Kier molecular flexibility index (Phi) is 6.21. The van der Waals surface area contributed by atoms with Crippen molar-refractivity contribution in [3.8, 4) is 0 Å². The second-order valence-corrected chi connectivity index (χ2v) is 7.18. The molecule has 2 aromatic rings. The number of para-hydroxylation sites is 1. The number of nitrogens with zero attached hydrogens (tertiary/aromatic N) is 2. The first kappa shape index (κ1) is 16.8. The van der Waals surface area contributed by atoms with Crippen LogP contribution in [0.4, 0.5) is 10.8 Å². The molecule has 2 N–H and O–H groups in total. The molecule has 0 spiro atoms. The molecule has 2 rings (SSSR count). The van der Waals surface area contributed by atoms with Gasteiger partial charge in [0, 0.05) is 11.7 Å². The lowest BCUT2D eigenvalue weighted by molar-refractivity contribution is -0.119. The highest BCUT2D eigenvalue weighted by molar-refractivity contribution is 8.01. The highest BCUT2D eigenvalue weighted by Gasteiger charge is 2.10. The molecule has 0 saturated carbocycles. The van der Waals surface area contributed by atoms with Crippen molar-refractivity contribution in [3.63, 3.8) is 0 Å². The van der Waals surface area contributed by atoms with Crippen molar-refractivity contribution in [3.05, 3.63) is 29.8 Å². The first-order chi connectivity index (χ1) is 10.6. The van der Waals surface area contributed by atoms with E-state index < -0.39 is 0 Å². The average Bonchev–Trinajstić information content (AvgIpc) is 2.95. The Morgan fingerprint density at radius 3 is 2.86 bits per heavy atom. The van der Waals surface area contributed by atoms with E-state index in [-0.39, 0.29) is 11.9 Å². The quantitative estimate of drug-likeness (QED) is 0.756. The van der Waals surface area contributed by atoms with Crippen LogP contribution in [0.25, 0.3) is 0 Å². The van der Waals surface area contributed by atoms with E-state index >= 15 is 0 Å². The number of amides is 1. The van der Waals surface area contributed by atoms with Gasteiger partial charge < -0.3 is 10.6 Å². The van der Waals surface area contributed by atoms with Gasteiger partial charge in [0.25, 0.3) is 0 Å². The summed E-state index contributed by atoms with van der Waals surface area (Å²) < 4.78 is 0.787. The highest BCUT2D eigenvalue weighted by Crippen LogP contribution is 2.28.